The van der Waals surface area contributed by atoms with Crippen LogP contribution in [0.4, 0.5) is 5.69 Å². The Morgan fingerprint density at radius 3 is 2.31 bits per heavy atom. The molecule has 1 heterocycles. The summed E-state index contributed by atoms with van der Waals surface area (Å²) in [6, 6.07) is 16.6. The highest BCUT2D eigenvalue weighted by Crippen LogP contribution is 2.44. The van der Waals surface area contributed by atoms with Crippen molar-refractivity contribution in [2.45, 2.75) is 53.5 Å². The van der Waals surface area contributed by atoms with Gasteiger partial charge in [0.05, 0.1) is 18.2 Å². The normalized spacial score (nSPS) is 16.6. The van der Waals surface area contributed by atoms with Crippen molar-refractivity contribution in [1.29, 1.82) is 0 Å². The second kappa shape index (κ2) is 11.2. The van der Waals surface area contributed by atoms with E-state index in [1.807, 2.05) is 52.8 Å². The molecule has 0 saturated carbocycles. The van der Waals surface area contributed by atoms with E-state index >= 15 is 0 Å². The predicted molar refractivity (Wildman–Crippen MR) is 150 cm³/mol. The van der Waals surface area contributed by atoms with Gasteiger partial charge >= 0.3 is 5.97 Å². The fourth-order valence-electron chi connectivity index (χ4n) is 5.01. The first-order valence-corrected chi connectivity index (χ1v) is 13.0. The minimum atomic E-state index is -0.948. The van der Waals surface area contributed by atoms with Gasteiger partial charge < -0.3 is 14.6 Å². The van der Waals surface area contributed by atoms with Crippen LogP contribution in [-0.2, 0) is 14.4 Å². The van der Waals surface area contributed by atoms with Crippen molar-refractivity contribution in [3.63, 3.8) is 0 Å². The van der Waals surface area contributed by atoms with Crippen LogP contribution >= 0.6 is 0 Å². The zero-order chi connectivity index (χ0) is 28.4. The number of esters is 1. The Hall–Kier alpha value is -4.39. The SMILES string of the molecule is CCOc1ccc(/C(O)=C2\C(=O)C(=O)N(c3cc(C)cc(C)c3)C2c2cccc(OC(C)=O)c2)cc1C(C)C. The molecule has 1 amide bonds. The van der Waals surface area contributed by atoms with Gasteiger partial charge in [-0.3, -0.25) is 19.3 Å². The molecule has 0 spiro atoms. The Morgan fingerprint density at radius 1 is 1.00 bits per heavy atom. The number of anilines is 1. The Labute approximate surface area is 228 Å². The molecule has 4 rings (SSSR count). The fraction of sp³-hybridized carbons (Fsp3) is 0.281. The van der Waals surface area contributed by atoms with Crippen LogP contribution in [-0.4, -0.2) is 29.4 Å². The van der Waals surface area contributed by atoms with Crippen molar-refractivity contribution < 1.29 is 29.0 Å². The van der Waals surface area contributed by atoms with Gasteiger partial charge in [0.15, 0.2) is 0 Å². The highest BCUT2D eigenvalue weighted by Gasteiger charge is 2.47. The molecule has 0 aliphatic carbocycles. The zero-order valence-electron chi connectivity index (χ0n) is 23.1. The maximum absolute atomic E-state index is 13.6. The number of aliphatic hydroxyl groups excluding tert-OH is 1. The third kappa shape index (κ3) is 5.58. The van der Waals surface area contributed by atoms with Gasteiger partial charge in [-0.2, -0.15) is 0 Å². The van der Waals surface area contributed by atoms with Gasteiger partial charge in [0.1, 0.15) is 17.3 Å². The molecule has 1 saturated heterocycles. The van der Waals surface area contributed by atoms with Gasteiger partial charge in [0, 0.05) is 18.2 Å². The smallest absolute Gasteiger partial charge is 0.308 e. The Morgan fingerprint density at radius 2 is 1.69 bits per heavy atom. The van der Waals surface area contributed by atoms with Gasteiger partial charge in [0.25, 0.3) is 11.7 Å². The second-order valence-corrected chi connectivity index (χ2v) is 10.0. The van der Waals surface area contributed by atoms with Crippen LogP contribution in [0.25, 0.3) is 5.76 Å². The molecule has 7 nitrogen and oxygen atoms in total. The number of rotatable bonds is 7. The van der Waals surface area contributed by atoms with E-state index in [1.165, 1.54) is 11.8 Å². The molecule has 0 radical (unpaired) electrons. The number of carbonyl (C=O) groups is 3. The van der Waals surface area contributed by atoms with Crippen LogP contribution in [0.15, 0.2) is 66.2 Å². The molecule has 1 fully saturated rings. The van der Waals surface area contributed by atoms with Gasteiger partial charge in [-0.1, -0.05) is 32.0 Å². The minimum Gasteiger partial charge on any atom is -0.507 e. The molecule has 7 heteroatoms. The fourth-order valence-corrected chi connectivity index (χ4v) is 5.01. The van der Waals surface area contributed by atoms with Crippen molar-refractivity contribution in [3.8, 4) is 11.5 Å². The number of benzene rings is 3. The van der Waals surface area contributed by atoms with Crippen LogP contribution in [0.3, 0.4) is 0 Å². The lowest BCUT2D eigenvalue weighted by Gasteiger charge is -2.26. The third-order valence-corrected chi connectivity index (χ3v) is 6.57. The average molecular weight is 528 g/mol. The van der Waals surface area contributed by atoms with Crippen LogP contribution in [0, 0.1) is 13.8 Å². The summed E-state index contributed by atoms with van der Waals surface area (Å²) in [5.74, 6) is -1.26. The number of aliphatic hydroxyl groups is 1. The molecule has 1 atom stereocenters. The minimum absolute atomic E-state index is 0.0435. The summed E-state index contributed by atoms with van der Waals surface area (Å²) < 4.78 is 11.0. The first-order chi connectivity index (χ1) is 18.5. The molecule has 1 aliphatic heterocycles. The highest BCUT2D eigenvalue weighted by molar-refractivity contribution is 6.51. The molecule has 1 aliphatic rings. The van der Waals surface area contributed by atoms with Crippen molar-refractivity contribution in [2.24, 2.45) is 0 Å². The van der Waals surface area contributed by atoms with Crippen LogP contribution < -0.4 is 14.4 Å². The van der Waals surface area contributed by atoms with Gasteiger partial charge in [-0.25, -0.2) is 0 Å². The lowest BCUT2D eigenvalue weighted by molar-refractivity contribution is -0.132. The summed E-state index contributed by atoms with van der Waals surface area (Å²) in [4.78, 5) is 40.2. The maximum atomic E-state index is 13.6. The Balaban J connectivity index is 1.96. The number of ketones is 1. The van der Waals surface area contributed by atoms with Crippen molar-refractivity contribution in [2.75, 3.05) is 11.5 Å². The number of amides is 1. The van der Waals surface area contributed by atoms with Crippen molar-refractivity contribution in [3.05, 3.63) is 94.1 Å². The molecule has 0 aromatic heterocycles. The van der Waals surface area contributed by atoms with Gasteiger partial charge in [0.2, 0.25) is 0 Å². The molecular formula is C32H33NO6. The van der Waals surface area contributed by atoms with E-state index < -0.39 is 23.7 Å². The van der Waals surface area contributed by atoms with E-state index in [2.05, 4.69) is 0 Å². The third-order valence-electron chi connectivity index (χ3n) is 6.57. The summed E-state index contributed by atoms with van der Waals surface area (Å²) in [6.45, 7) is 11.5. The van der Waals surface area contributed by atoms with Crippen molar-refractivity contribution in [1.82, 2.24) is 0 Å². The average Bonchev–Trinajstić information content (AvgIpc) is 3.13. The molecule has 3 aromatic rings. The summed E-state index contributed by atoms with van der Waals surface area (Å²) >= 11 is 0. The number of hydrogen-bond acceptors (Lipinski definition) is 6. The first kappa shape index (κ1) is 27.6. The van der Waals surface area contributed by atoms with Crippen LogP contribution in [0.2, 0.25) is 0 Å². The number of Topliss-reactive ketones (excluding diaryl/α,β-unsaturated/α-hetero) is 1. The van der Waals surface area contributed by atoms with E-state index in [0.717, 1.165) is 16.7 Å². The zero-order valence-corrected chi connectivity index (χ0v) is 23.1. The molecule has 39 heavy (non-hydrogen) atoms. The standard InChI is InChI=1S/C32H33NO6/c1-7-38-27-12-11-23(17-26(27)18(2)3)30(35)28-29(22-9-8-10-25(16-22)39-21(6)34)33(32(37)31(28)36)24-14-19(4)13-20(5)15-24/h8-18,29,35H,7H2,1-6H3/b30-28+. The van der Waals surface area contributed by atoms with E-state index in [-0.39, 0.29) is 23.0 Å². The quantitative estimate of drug-likeness (QED) is 0.126. The summed E-state index contributed by atoms with van der Waals surface area (Å²) in [7, 11) is 0. The van der Waals surface area contributed by atoms with E-state index in [1.54, 1.807) is 42.5 Å². The molecule has 0 bridgehead atoms. The summed E-state index contributed by atoms with van der Waals surface area (Å²) in [5, 5.41) is 11.6. The number of nitrogens with zero attached hydrogens (tertiary/aromatic N) is 1. The van der Waals surface area contributed by atoms with E-state index in [9.17, 15) is 19.5 Å². The lowest BCUT2D eigenvalue weighted by atomic mass is 9.93. The largest absolute Gasteiger partial charge is 0.507 e. The topological polar surface area (TPSA) is 93.1 Å². The molecule has 1 N–H and O–H groups in total. The summed E-state index contributed by atoms with van der Waals surface area (Å²) in [5.41, 5.74) is 4.13. The molecule has 3 aromatic carbocycles. The van der Waals surface area contributed by atoms with Gasteiger partial charge in [-0.05, 0) is 91.4 Å². The molecular weight excluding hydrogens is 494 g/mol. The highest BCUT2D eigenvalue weighted by atomic mass is 16.5. The molecule has 202 valence electrons. The van der Waals surface area contributed by atoms with Crippen molar-refractivity contribution >= 4 is 29.1 Å². The van der Waals surface area contributed by atoms with Crippen LogP contribution in [0.5, 0.6) is 11.5 Å². The maximum Gasteiger partial charge on any atom is 0.308 e. The number of carbonyl (C=O) groups excluding carboxylic acids is 3. The predicted octanol–water partition coefficient (Wildman–Crippen LogP) is 6.38. The molecule has 1 unspecified atom stereocenters. The first-order valence-electron chi connectivity index (χ1n) is 13.0. The second-order valence-electron chi connectivity index (χ2n) is 10.0. The van der Waals surface area contributed by atoms with Gasteiger partial charge in [-0.15, -0.1) is 0 Å². The van der Waals surface area contributed by atoms with E-state index in [4.69, 9.17) is 9.47 Å². The number of ether oxygens (including phenoxy) is 2. The number of hydrogen-bond donors (Lipinski definition) is 1. The number of aryl methyl sites for hydroxylation is 2. The van der Waals surface area contributed by atoms with E-state index in [0.29, 0.717) is 29.2 Å². The Kier molecular flexibility index (Phi) is 7.90. The summed E-state index contributed by atoms with van der Waals surface area (Å²) in [6.07, 6.45) is 0. The monoisotopic (exact) mass is 527 g/mol. The Bertz CT molecular complexity index is 1470. The lowest BCUT2D eigenvalue weighted by Crippen LogP contribution is -2.29. The van der Waals surface area contributed by atoms with Crippen LogP contribution in [0.1, 0.15) is 67.5 Å².